The van der Waals surface area contributed by atoms with Crippen molar-refractivity contribution in [2.75, 3.05) is 14.1 Å². The third-order valence-corrected chi connectivity index (χ3v) is 5.16. The van der Waals surface area contributed by atoms with Crippen molar-refractivity contribution in [2.45, 2.75) is 5.75 Å². The highest BCUT2D eigenvalue weighted by Crippen LogP contribution is 2.22. The molecule has 0 saturated heterocycles. The Morgan fingerprint density at radius 1 is 1.23 bits per heavy atom. The summed E-state index contributed by atoms with van der Waals surface area (Å²) in [5.41, 5.74) is 1.20. The molecule has 0 spiro atoms. The largest absolute Gasteiger partial charge is 1.00 e. The predicted octanol–water partition coefficient (Wildman–Crippen LogP) is -1.44. The van der Waals surface area contributed by atoms with Crippen LogP contribution >= 0.6 is 23.4 Å². The number of amidine groups is 1. The van der Waals surface area contributed by atoms with Crippen LogP contribution in [0.2, 0.25) is 5.02 Å². The third-order valence-electron chi connectivity index (χ3n) is 3.74. The Bertz CT molecular complexity index is 1010. The third kappa shape index (κ3) is 4.11. The fraction of sp³-hybridized carbons (Fsp3) is 0.167. The molecule has 0 aliphatic heterocycles. The first-order valence-corrected chi connectivity index (χ1v) is 9.13. The number of aromatic nitrogens is 2. The molecule has 1 heterocycles. The second-order valence-electron chi connectivity index (χ2n) is 5.25. The maximum absolute atomic E-state index is 13.1. The van der Waals surface area contributed by atoms with E-state index < -0.39 is 0 Å². The molecule has 0 aliphatic carbocycles. The summed E-state index contributed by atoms with van der Waals surface area (Å²) in [7, 11) is 3.68. The van der Waals surface area contributed by atoms with Gasteiger partial charge in [0, 0.05) is 0 Å². The van der Waals surface area contributed by atoms with Gasteiger partial charge in [0.1, 0.15) is 5.82 Å². The molecule has 0 unspecified atom stereocenters. The van der Waals surface area contributed by atoms with Gasteiger partial charge >= 0.3 is 5.17 Å². The van der Waals surface area contributed by atoms with Crippen molar-refractivity contribution in [1.82, 2.24) is 14.9 Å². The lowest BCUT2D eigenvalue weighted by molar-refractivity contribution is -0.418. The normalized spacial score (nSPS) is 11.3. The summed E-state index contributed by atoms with van der Waals surface area (Å²) in [6, 6.07) is 14.7. The number of hydrogen-bond acceptors (Lipinski definition) is 3. The number of nitrogens with one attached hydrogen (secondary N) is 2. The lowest BCUT2D eigenvalue weighted by Gasteiger charge is -2.14. The van der Waals surface area contributed by atoms with Crippen molar-refractivity contribution in [1.29, 1.82) is 0 Å². The van der Waals surface area contributed by atoms with Crippen LogP contribution in [-0.4, -0.2) is 28.8 Å². The fourth-order valence-electron chi connectivity index (χ4n) is 2.56. The minimum Gasteiger partial charge on any atom is -1.00 e. The monoisotopic (exact) mass is 452 g/mol. The smallest absolute Gasteiger partial charge is 0.304 e. The van der Waals surface area contributed by atoms with Gasteiger partial charge in [0.25, 0.3) is 5.56 Å². The maximum atomic E-state index is 13.1. The number of thioether (sulfide) groups is 1. The summed E-state index contributed by atoms with van der Waals surface area (Å²) in [4.78, 5) is 20.9. The lowest BCUT2D eigenvalue weighted by Crippen LogP contribution is -3.00. The molecule has 0 fully saturated rings. The van der Waals surface area contributed by atoms with Crippen molar-refractivity contribution in [3.8, 4) is 5.69 Å². The van der Waals surface area contributed by atoms with Crippen molar-refractivity contribution < 1.29 is 22.0 Å². The van der Waals surface area contributed by atoms with Gasteiger partial charge in [-0.25, -0.2) is 4.98 Å². The molecule has 136 valence electrons. The predicted molar refractivity (Wildman–Crippen MR) is 105 cm³/mol. The van der Waals surface area contributed by atoms with E-state index in [9.17, 15) is 4.79 Å². The fourth-order valence-corrected chi connectivity index (χ4v) is 3.54. The minimum atomic E-state index is -0.121. The molecule has 0 saturated carbocycles. The molecule has 2 aromatic carbocycles. The van der Waals surface area contributed by atoms with Crippen molar-refractivity contribution in [2.24, 2.45) is 0 Å². The van der Waals surface area contributed by atoms with Crippen molar-refractivity contribution >= 4 is 39.4 Å². The summed E-state index contributed by atoms with van der Waals surface area (Å²) in [6.45, 7) is 0. The number of fused-ring (bicyclic) bond motifs is 1. The summed E-state index contributed by atoms with van der Waals surface area (Å²) in [5, 5.41) is 5.05. The number of benzene rings is 2. The van der Waals surface area contributed by atoms with Crippen molar-refractivity contribution in [3.63, 3.8) is 0 Å². The number of nitrogens with zero attached hydrogens (tertiary/aromatic N) is 2. The van der Waals surface area contributed by atoms with Gasteiger partial charge in [0.2, 0.25) is 0 Å². The van der Waals surface area contributed by atoms with Gasteiger partial charge in [-0.2, -0.15) is 0 Å². The van der Waals surface area contributed by atoms with Gasteiger partial charge in [-0.3, -0.25) is 19.7 Å². The van der Waals surface area contributed by atoms with Gasteiger partial charge < -0.3 is 17.0 Å². The molecule has 3 aromatic rings. The Kier molecular flexibility index (Phi) is 7.25. The van der Waals surface area contributed by atoms with E-state index in [1.165, 1.54) is 11.8 Å². The Balaban J connectivity index is 0.00000243. The Hall–Kier alpha value is -1.83. The summed E-state index contributed by atoms with van der Waals surface area (Å²) in [5.74, 6) is 1.16. The first-order valence-electron chi connectivity index (χ1n) is 7.76. The molecule has 1 aromatic heterocycles. The molecule has 0 bridgehead atoms. The average molecular weight is 454 g/mol. The highest BCUT2D eigenvalue weighted by Gasteiger charge is 2.16. The van der Waals surface area contributed by atoms with Crippen molar-refractivity contribution in [3.05, 3.63) is 69.7 Å². The van der Waals surface area contributed by atoms with E-state index in [4.69, 9.17) is 16.6 Å². The Morgan fingerprint density at radius 2 is 1.92 bits per heavy atom. The first-order chi connectivity index (χ1) is 12.2. The number of hydrogen-bond donors (Lipinski definition) is 2. The van der Waals surface area contributed by atoms with Gasteiger partial charge in [0.15, 0.2) is 0 Å². The molecule has 0 radical (unpaired) electrons. The average Bonchev–Trinajstić information content (AvgIpc) is 2.64. The van der Waals surface area contributed by atoms with E-state index >= 15 is 0 Å². The summed E-state index contributed by atoms with van der Waals surface area (Å²) in [6.07, 6.45) is 0. The summed E-state index contributed by atoms with van der Waals surface area (Å²) < 4.78 is 1.60. The van der Waals surface area contributed by atoms with Crippen LogP contribution in [0.1, 0.15) is 5.82 Å². The van der Waals surface area contributed by atoms with E-state index in [0.29, 0.717) is 33.2 Å². The van der Waals surface area contributed by atoms with E-state index in [1.807, 2.05) is 50.5 Å². The van der Waals surface area contributed by atoms with Crippen LogP contribution in [-0.2, 0) is 5.75 Å². The second kappa shape index (κ2) is 9.21. The first kappa shape index (κ1) is 20.5. The molecule has 0 aliphatic rings. The molecule has 5 nitrogen and oxygen atoms in total. The highest BCUT2D eigenvalue weighted by atomic mass is 79.9. The molecule has 0 amide bonds. The SMILES string of the molecule is CNC(=[NH+]C)SCc1nc2ccccc2c(=O)n1-c1ccccc1Cl.[Br-]. The van der Waals surface area contributed by atoms with E-state index in [0.717, 1.165) is 5.17 Å². The Morgan fingerprint density at radius 3 is 2.62 bits per heavy atom. The van der Waals surface area contributed by atoms with Crippen LogP contribution in [0.15, 0.2) is 53.3 Å². The highest BCUT2D eigenvalue weighted by molar-refractivity contribution is 8.12. The zero-order valence-electron chi connectivity index (χ0n) is 14.3. The summed E-state index contributed by atoms with van der Waals surface area (Å²) >= 11 is 7.88. The zero-order chi connectivity index (χ0) is 17.8. The molecule has 2 N–H and O–H groups in total. The topological polar surface area (TPSA) is 60.9 Å². The Labute approximate surface area is 171 Å². The maximum Gasteiger partial charge on any atom is 0.304 e. The van der Waals surface area contributed by atoms with Crippen LogP contribution in [0.3, 0.4) is 0 Å². The molecule has 8 heteroatoms. The van der Waals surface area contributed by atoms with Gasteiger partial charge in [-0.1, -0.05) is 35.9 Å². The second-order valence-corrected chi connectivity index (χ2v) is 6.65. The number of halogens is 2. The minimum absolute atomic E-state index is 0. The molecule has 3 rings (SSSR count). The van der Waals surface area contributed by atoms with E-state index in [2.05, 4.69) is 10.3 Å². The van der Waals surface area contributed by atoms with Crippen LogP contribution in [0.25, 0.3) is 16.6 Å². The van der Waals surface area contributed by atoms with Crippen LogP contribution in [0.5, 0.6) is 0 Å². The molecule has 0 atom stereocenters. The van der Waals surface area contributed by atoms with E-state index in [-0.39, 0.29) is 22.5 Å². The number of para-hydroxylation sites is 2. The van der Waals surface area contributed by atoms with Crippen LogP contribution in [0, 0.1) is 0 Å². The van der Waals surface area contributed by atoms with Crippen LogP contribution < -0.4 is 32.8 Å². The molecule has 26 heavy (non-hydrogen) atoms. The zero-order valence-corrected chi connectivity index (χ0v) is 17.5. The quantitative estimate of drug-likeness (QED) is 0.377. The number of rotatable bonds is 3. The van der Waals surface area contributed by atoms with E-state index in [1.54, 1.807) is 16.7 Å². The standard InChI is InChI=1S/C18H17ClN4OS.BrH/c1-20-18(21-2)25-11-16-22-14-9-5-3-7-12(14)17(24)23(16)15-10-6-4-8-13(15)19;/h3-10H,11H2,1-2H3,(H,20,21);1H. The van der Waals surface area contributed by atoms with Gasteiger partial charge in [-0.05, 0) is 36.0 Å². The molecular weight excluding hydrogens is 436 g/mol. The molecular formula is C18H18BrClN4OS. The van der Waals surface area contributed by atoms with Gasteiger partial charge in [-0.15, -0.1) is 0 Å². The lowest BCUT2D eigenvalue weighted by atomic mass is 10.2. The van der Waals surface area contributed by atoms with Gasteiger partial charge in [0.05, 0.1) is 41.5 Å². The van der Waals surface area contributed by atoms with Crippen LogP contribution in [0.4, 0.5) is 0 Å².